The molecular weight excluding hydrogens is 272 g/mol. The molecule has 4 N–H and O–H groups in total. The summed E-state index contributed by atoms with van der Waals surface area (Å²) in [6.07, 6.45) is 1.86. The van der Waals surface area contributed by atoms with Crippen LogP contribution in [0.2, 0.25) is 0 Å². The molecule has 0 aliphatic carbocycles. The summed E-state index contributed by atoms with van der Waals surface area (Å²) < 4.78 is 0. The molecule has 0 saturated carbocycles. The van der Waals surface area contributed by atoms with Gasteiger partial charge in [0.05, 0.1) is 12.1 Å². The van der Waals surface area contributed by atoms with E-state index in [1.807, 2.05) is 0 Å². The van der Waals surface area contributed by atoms with Crippen molar-refractivity contribution in [3.63, 3.8) is 0 Å². The Hall–Kier alpha value is -2.83. The zero-order chi connectivity index (χ0) is 15.2. The molecule has 1 aliphatic rings. The number of phenols is 1. The van der Waals surface area contributed by atoms with Crippen LogP contribution in [0.4, 0.5) is 0 Å². The zero-order valence-electron chi connectivity index (χ0n) is 11.3. The fraction of sp³-hybridized carbons (Fsp3) is 0.214. The first kappa shape index (κ1) is 14.6. The van der Waals surface area contributed by atoms with E-state index in [1.165, 1.54) is 12.3 Å². The molecule has 1 atom stereocenters. The molecule has 1 saturated heterocycles. The summed E-state index contributed by atoms with van der Waals surface area (Å²) in [6.45, 7) is 3.69. The van der Waals surface area contributed by atoms with Gasteiger partial charge in [-0.05, 0) is 18.6 Å². The average Bonchev–Trinajstić information content (AvgIpc) is 2.78. The maximum absolute atomic E-state index is 11.6. The standard InChI is InChI=1S/C14H16N4O3/c1-9-11(14(21)18-16-9)6-7-13(20)17-15-8-10-4-2-3-5-12(10)19/h2-5,8,11,16,19H,1,6-7H2,(H,17,20)(H,18,21). The van der Waals surface area contributed by atoms with E-state index in [1.54, 1.807) is 18.2 Å². The maximum Gasteiger partial charge on any atom is 0.247 e. The smallest absolute Gasteiger partial charge is 0.247 e. The quantitative estimate of drug-likeness (QED) is 0.465. The predicted octanol–water partition coefficient (Wildman–Crippen LogP) is 0.387. The zero-order valence-corrected chi connectivity index (χ0v) is 11.3. The number of nitrogens with zero attached hydrogens (tertiary/aromatic N) is 1. The van der Waals surface area contributed by atoms with Crippen molar-refractivity contribution in [3.05, 3.63) is 42.1 Å². The van der Waals surface area contributed by atoms with Gasteiger partial charge in [0, 0.05) is 17.7 Å². The van der Waals surface area contributed by atoms with E-state index in [0.717, 1.165) is 0 Å². The van der Waals surface area contributed by atoms with Gasteiger partial charge in [-0.25, -0.2) is 5.43 Å². The van der Waals surface area contributed by atoms with E-state index in [4.69, 9.17) is 0 Å². The molecule has 7 heteroatoms. The van der Waals surface area contributed by atoms with Crippen LogP contribution in [0.15, 0.2) is 41.6 Å². The van der Waals surface area contributed by atoms with Crippen molar-refractivity contribution in [2.75, 3.05) is 0 Å². The molecule has 0 bridgehead atoms. The van der Waals surface area contributed by atoms with Gasteiger partial charge in [-0.15, -0.1) is 0 Å². The van der Waals surface area contributed by atoms with Gasteiger partial charge in [0.25, 0.3) is 0 Å². The van der Waals surface area contributed by atoms with Gasteiger partial charge in [-0.2, -0.15) is 5.10 Å². The molecular formula is C14H16N4O3. The number of amides is 2. The first-order valence-corrected chi connectivity index (χ1v) is 6.42. The third-order valence-electron chi connectivity index (χ3n) is 3.07. The van der Waals surface area contributed by atoms with E-state index in [-0.39, 0.29) is 24.0 Å². The lowest BCUT2D eigenvalue weighted by Gasteiger charge is -2.05. The molecule has 1 fully saturated rings. The van der Waals surface area contributed by atoms with Gasteiger partial charge in [-0.3, -0.25) is 15.0 Å². The SMILES string of the molecule is C=C1NNC(=O)C1CCC(=O)NN=Cc1ccccc1O. The number of benzene rings is 1. The molecule has 0 aromatic heterocycles. The van der Waals surface area contributed by atoms with Crippen LogP contribution in [-0.4, -0.2) is 23.1 Å². The highest BCUT2D eigenvalue weighted by Crippen LogP contribution is 2.17. The number of carbonyl (C=O) groups excluding carboxylic acids is 2. The Balaban J connectivity index is 1.79. The lowest BCUT2D eigenvalue weighted by atomic mass is 10.0. The van der Waals surface area contributed by atoms with Crippen LogP contribution < -0.4 is 16.3 Å². The molecule has 0 radical (unpaired) electrons. The van der Waals surface area contributed by atoms with Gasteiger partial charge in [0.15, 0.2) is 0 Å². The van der Waals surface area contributed by atoms with Crippen molar-refractivity contribution in [1.82, 2.24) is 16.3 Å². The van der Waals surface area contributed by atoms with Crippen molar-refractivity contribution in [1.29, 1.82) is 0 Å². The third-order valence-corrected chi connectivity index (χ3v) is 3.07. The number of para-hydroxylation sites is 1. The summed E-state index contributed by atoms with van der Waals surface area (Å²) in [5.41, 5.74) is 8.48. The first-order valence-electron chi connectivity index (χ1n) is 6.42. The van der Waals surface area contributed by atoms with Gasteiger partial charge < -0.3 is 10.5 Å². The highest BCUT2D eigenvalue weighted by Gasteiger charge is 2.27. The van der Waals surface area contributed by atoms with Crippen LogP contribution in [0, 0.1) is 5.92 Å². The average molecular weight is 288 g/mol. The summed E-state index contributed by atoms with van der Waals surface area (Å²) >= 11 is 0. The molecule has 1 aromatic carbocycles. The van der Waals surface area contributed by atoms with E-state index in [2.05, 4.69) is 28.0 Å². The summed E-state index contributed by atoms with van der Waals surface area (Å²) in [5.74, 6) is -0.821. The van der Waals surface area contributed by atoms with E-state index >= 15 is 0 Å². The van der Waals surface area contributed by atoms with Crippen LogP contribution in [0.1, 0.15) is 18.4 Å². The highest BCUT2D eigenvalue weighted by atomic mass is 16.3. The molecule has 1 aliphatic heterocycles. The molecule has 2 amide bonds. The summed E-state index contributed by atoms with van der Waals surface area (Å²) in [5, 5.41) is 13.3. The summed E-state index contributed by atoms with van der Waals surface area (Å²) in [6, 6.07) is 6.64. The van der Waals surface area contributed by atoms with E-state index in [9.17, 15) is 14.7 Å². The topological polar surface area (TPSA) is 103 Å². The summed E-state index contributed by atoms with van der Waals surface area (Å²) in [7, 11) is 0. The fourth-order valence-electron chi connectivity index (χ4n) is 1.88. The molecule has 21 heavy (non-hydrogen) atoms. The molecule has 1 aromatic rings. The number of hydrazone groups is 1. The number of nitrogens with one attached hydrogen (secondary N) is 3. The number of phenolic OH excluding ortho intramolecular Hbond substituents is 1. The van der Waals surface area contributed by atoms with Crippen molar-refractivity contribution < 1.29 is 14.7 Å². The van der Waals surface area contributed by atoms with Crippen LogP contribution in [0.5, 0.6) is 5.75 Å². The van der Waals surface area contributed by atoms with Crippen molar-refractivity contribution in [2.24, 2.45) is 11.0 Å². The Morgan fingerprint density at radius 2 is 2.19 bits per heavy atom. The minimum absolute atomic E-state index is 0.0838. The highest BCUT2D eigenvalue weighted by molar-refractivity contribution is 5.86. The van der Waals surface area contributed by atoms with E-state index in [0.29, 0.717) is 17.7 Å². The van der Waals surface area contributed by atoms with Crippen LogP contribution in [0.3, 0.4) is 0 Å². The van der Waals surface area contributed by atoms with Crippen LogP contribution in [0.25, 0.3) is 0 Å². The molecule has 110 valence electrons. The molecule has 2 rings (SSSR count). The first-order chi connectivity index (χ1) is 10.1. The Labute approximate surface area is 121 Å². The second-order valence-corrected chi connectivity index (χ2v) is 4.58. The van der Waals surface area contributed by atoms with Crippen molar-refractivity contribution in [3.8, 4) is 5.75 Å². The van der Waals surface area contributed by atoms with Crippen molar-refractivity contribution in [2.45, 2.75) is 12.8 Å². The Morgan fingerprint density at radius 3 is 2.86 bits per heavy atom. The fourth-order valence-corrected chi connectivity index (χ4v) is 1.88. The largest absolute Gasteiger partial charge is 0.507 e. The van der Waals surface area contributed by atoms with Gasteiger partial charge in [-0.1, -0.05) is 18.7 Å². The number of hydrogen-bond acceptors (Lipinski definition) is 5. The molecule has 1 unspecified atom stereocenters. The molecule has 7 nitrogen and oxygen atoms in total. The Kier molecular flexibility index (Phi) is 4.55. The number of hydrogen-bond donors (Lipinski definition) is 4. The second-order valence-electron chi connectivity index (χ2n) is 4.58. The van der Waals surface area contributed by atoms with Crippen LogP contribution >= 0.6 is 0 Å². The third kappa shape index (κ3) is 3.82. The minimum Gasteiger partial charge on any atom is -0.507 e. The predicted molar refractivity (Wildman–Crippen MR) is 77.0 cm³/mol. The molecule has 1 heterocycles. The van der Waals surface area contributed by atoms with Crippen LogP contribution in [-0.2, 0) is 9.59 Å². The molecule has 0 spiro atoms. The van der Waals surface area contributed by atoms with Gasteiger partial charge >= 0.3 is 0 Å². The lowest BCUT2D eigenvalue weighted by Crippen LogP contribution is -2.26. The van der Waals surface area contributed by atoms with Gasteiger partial charge in [0.1, 0.15) is 5.75 Å². The maximum atomic E-state index is 11.6. The van der Waals surface area contributed by atoms with Crippen molar-refractivity contribution >= 4 is 18.0 Å². The lowest BCUT2D eigenvalue weighted by molar-refractivity contribution is -0.123. The monoisotopic (exact) mass is 288 g/mol. The van der Waals surface area contributed by atoms with Gasteiger partial charge in [0.2, 0.25) is 11.8 Å². The summed E-state index contributed by atoms with van der Waals surface area (Å²) in [4.78, 5) is 23.0. The Morgan fingerprint density at radius 1 is 1.43 bits per heavy atom. The number of rotatable bonds is 5. The number of aromatic hydroxyl groups is 1. The second kappa shape index (κ2) is 6.56. The minimum atomic E-state index is -0.405. The number of carbonyl (C=O) groups is 2. The van der Waals surface area contributed by atoms with E-state index < -0.39 is 5.92 Å². The normalized spacial score (nSPS) is 17.6. The number of hydrazine groups is 1. The Bertz CT molecular complexity index is 582.